The third-order valence-corrected chi connectivity index (χ3v) is 6.30. The Balaban J connectivity index is 1.21. The first-order valence-corrected chi connectivity index (χ1v) is 11.6. The average molecular weight is 460 g/mol. The lowest BCUT2D eigenvalue weighted by molar-refractivity contribution is 0.0624. The van der Waals surface area contributed by atoms with Gasteiger partial charge in [-0.05, 0) is 48.9 Å². The summed E-state index contributed by atoms with van der Waals surface area (Å²) in [4.78, 5) is 21.6. The van der Waals surface area contributed by atoms with Gasteiger partial charge in [-0.2, -0.15) is 0 Å². The molecule has 34 heavy (non-hydrogen) atoms. The van der Waals surface area contributed by atoms with Crippen LogP contribution in [0.1, 0.15) is 28.0 Å². The van der Waals surface area contributed by atoms with Crippen LogP contribution in [-0.4, -0.2) is 88.7 Å². The lowest BCUT2D eigenvalue weighted by atomic mass is 10.1. The van der Waals surface area contributed by atoms with Crippen LogP contribution in [-0.2, 0) is 4.74 Å². The van der Waals surface area contributed by atoms with Crippen LogP contribution in [0.3, 0.4) is 0 Å². The number of ether oxygens (including phenoxy) is 1. The maximum absolute atomic E-state index is 13.0. The third kappa shape index (κ3) is 4.85. The van der Waals surface area contributed by atoms with Gasteiger partial charge in [0.05, 0.1) is 11.9 Å². The number of amides is 1. The minimum Gasteiger partial charge on any atom is -0.385 e. The number of aromatic nitrogens is 4. The highest BCUT2D eigenvalue weighted by Crippen LogP contribution is 2.26. The number of hydrogen-bond donors (Lipinski definition) is 1. The molecule has 5 rings (SSSR count). The first-order valence-electron chi connectivity index (χ1n) is 11.6. The molecule has 0 bridgehead atoms. The van der Waals surface area contributed by atoms with Crippen molar-refractivity contribution in [3.05, 3.63) is 65.6 Å². The van der Waals surface area contributed by atoms with Gasteiger partial charge in [-0.15, -0.1) is 5.10 Å². The van der Waals surface area contributed by atoms with Crippen LogP contribution in [0.15, 0.2) is 48.8 Å². The Morgan fingerprint density at radius 2 is 1.94 bits per heavy atom. The Hall–Kier alpha value is -3.56. The van der Waals surface area contributed by atoms with Crippen LogP contribution < -0.4 is 5.32 Å². The molecule has 2 aliphatic heterocycles. The molecule has 0 spiro atoms. The topological polar surface area (TPSA) is 88.4 Å². The van der Waals surface area contributed by atoms with Crippen LogP contribution in [0.4, 0.5) is 5.82 Å². The molecule has 1 fully saturated rings. The average Bonchev–Trinajstić information content (AvgIpc) is 3.39. The van der Waals surface area contributed by atoms with Crippen molar-refractivity contribution in [3.8, 4) is 5.69 Å². The van der Waals surface area contributed by atoms with Gasteiger partial charge in [0.25, 0.3) is 5.91 Å². The second kappa shape index (κ2) is 10.1. The van der Waals surface area contributed by atoms with E-state index in [1.54, 1.807) is 18.0 Å². The van der Waals surface area contributed by atoms with Gasteiger partial charge in [0.15, 0.2) is 0 Å². The van der Waals surface area contributed by atoms with Gasteiger partial charge in [0, 0.05) is 75.9 Å². The number of carbonyl (C=O) groups is 1. The fourth-order valence-electron chi connectivity index (χ4n) is 4.35. The Morgan fingerprint density at radius 3 is 2.74 bits per heavy atom. The van der Waals surface area contributed by atoms with Crippen LogP contribution in [0.25, 0.3) is 17.3 Å². The number of rotatable bonds is 7. The SMILES string of the molecule is COCCCN1CCN(C(=O)c2ccc(-n3cc(C4=Cc5cccnc5NC4)nn3)cc2)CC1. The molecular weight excluding hydrogens is 430 g/mol. The lowest BCUT2D eigenvalue weighted by Crippen LogP contribution is -2.48. The smallest absolute Gasteiger partial charge is 0.253 e. The Morgan fingerprint density at radius 1 is 1.12 bits per heavy atom. The summed E-state index contributed by atoms with van der Waals surface area (Å²) in [5.41, 5.74) is 4.47. The minimum atomic E-state index is 0.0769. The summed E-state index contributed by atoms with van der Waals surface area (Å²) in [5, 5.41) is 12.0. The highest BCUT2D eigenvalue weighted by Gasteiger charge is 2.22. The Kier molecular flexibility index (Phi) is 6.64. The van der Waals surface area contributed by atoms with Crippen molar-refractivity contribution in [3.63, 3.8) is 0 Å². The summed E-state index contributed by atoms with van der Waals surface area (Å²) < 4.78 is 6.87. The zero-order valence-electron chi connectivity index (χ0n) is 19.4. The highest BCUT2D eigenvalue weighted by molar-refractivity contribution is 5.94. The zero-order valence-corrected chi connectivity index (χ0v) is 19.4. The minimum absolute atomic E-state index is 0.0769. The summed E-state index contributed by atoms with van der Waals surface area (Å²) in [6.07, 6.45) is 6.80. The van der Waals surface area contributed by atoms with Crippen molar-refractivity contribution in [2.24, 2.45) is 0 Å². The Labute approximate surface area is 199 Å². The van der Waals surface area contributed by atoms with E-state index in [9.17, 15) is 4.79 Å². The molecule has 0 radical (unpaired) electrons. The van der Waals surface area contributed by atoms with Crippen molar-refractivity contribution in [2.45, 2.75) is 6.42 Å². The quantitative estimate of drug-likeness (QED) is 0.543. The van der Waals surface area contributed by atoms with E-state index in [2.05, 4.69) is 31.6 Å². The molecule has 176 valence electrons. The standard InChI is InChI=1S/C25H29N7O2/c1-34-15-3-10-30-11-13-31(14-12-30)25(33)19-5-7-22(8-6-19)32-18-23(28-29-32)21-16-20-4-2-9-26-24(20)27-17-21/h2,4-9,16,18H,3,10-15,17H2,1H3,(H,26,27). The van der Waals surface area contributed by atoms with E-state index in [-0.39, 0.29) is 5.91 Å². The van der Waals surface area contributed by atoms with Crippen molar-refractivity contribution in [1.29, 1.82) is 0 Å². The molecule has 1 aromatic carbocycles. The molecule has 9 nitrogen and oxygen atoms in total. The molecule has 0 atom stereocenters. The first-order chi connectivity index (χ1) is 16.7. The molecule has 9 heteroatoms. The summed E-state index contributed by atoms with van der Waals surface area (Å²) in [5.74, 6) is 0.958. The summed E-state index contributed by atoms with van der Waals surface area (Å²) in [7, 11) is 1.73. The number of carbonyl (C=O) groups excluding carboxylic acids is 1. The first kappa shape index (κ1) is 22.2. The summed E-state index contributed by atoms with van der Waals surface area (Å²) in [6, 6.07) is 11.5. The molecule has 2 aromatic heterocycles. The maximum atomic E-state index is 13.0. The van der Waals surface area contributed by atoms with E-state index in [0.717, 1.165) is 74.1 Å². The third-order valence-electron chi connectivity index (χ3n) is 6.30. The number of fused-ring (bicyclic) bond motifs is 1. The van der Waals surface area contributed by atoms with Gasteiger partial charge in [0.1, 0.15) is 11.5 Å². The van der Waals surface area contributed by atoms with E-state index < -0.39 is 0 Å². The van der Waals surface area contributed by atoms with Crippen LogP contribution in [0.5, 0.6) is 0 Å². The molecule has 3 aromatic rings. The zero-order chi connectivity index (χ0) is 23.3. The number of anilines is 1. The van der Waals surface area contributed by atoms with E-state index >= 15 is 0 Å². The molecule has 0 aliphatic carbocycles. The van der Waals surface area contributed by atoms with Gasteiger partial charge < -0.3 is 15.0 Å². The number of nitrogens with zero attached hydrogens (tertiary/aromatic N) is 6. The second-order valence-corrected chi connectivity index (χ2v) is 8.54. The van der Waals surface area contributed by atoms with Gasteiger partial charge in [-0.1, -0.05) is 5.21 Å². The van der Waals surface area contributed by atoms with Crippen molar-refractivity contribution in [1.82, 2.24) is 29.8 Å². The number of pyridine rings is 1. The molecule has 1 amide bonds. The van der Waals surface area contributed by atoms with E-state index in [0.29, 0.717) is 12.1 Å². The number of methoxy groups -OCH3 is 1. The molecule has 1 N–H and O–H groups in total. The lowest BCUT2D eigenvalue weighted by Gasteiger charge is -2.34. The fourth-order valence-corrected chi connectivity index (χ4v) is 4.35. The summed E-state index contributed by atoms with van der Waals surface area (Å²) in [6.45, 7) is 5.75. The second-order valence-electron chi connectivity index (χ2n) is 8.54. The Bertz CT molecular complexity index is 1160. The van der Waals surface area contributed by atoms with Crippen molar-refractivity contribution >= 4 is 23.4 Å². The largest absolute Gasteiger partial charge is 0.385 e. The molecule has 0 unspecified atom stereocenters. The van der Waals surface area contributed by atoms with Crippen molar-refractivity contribution in [2.75, 3.05) is 58.3 Å². The van der Waals surface area contributed by atoms with Gasteiger partial charge >= 0.3 is 0 Å². The normalized spacial score (nSPS) is 16.0. The highest BCUT2D eigenvalue weighted by atomic mass is 16.5. The predicted molar refractivity (Wildman–Crippen MR) is 131 cm³/mol. The predicted octanol–water partition coefficient (Wildman–Crippen LogP) is 2.42. The molecule has 2 aliphatic rings. The number of benzene rings is 1. The fraction of sp³-hybridized carbons (Fsp3) is 0.360. The summed E-state index contributed by atoms with van der Waals surface area (Å²) >= 11 is 0. The van der Waals surface area contributed by atoms with Gasteiger partial charge in [0.2, 0.25) is 0 Å². The van der Waals surface area contributed by atoms with Gasteiger partial charge in [-0.3, -0.25) is 9.69 Å². The van der Waals surface area contributed by atoms with Crippen LogP contribution in [0.2, 0.25) is 0 Å². The number of hydrogen-bond acceptors (Lipinski definition) is 7. The molecule has 0 saturated carbocycles. The maximum Gasteiger partial charge on any atom is 0.253 e. The van der Waals surface area contributed by atoms with E-state index in [4.69, 9.17) is 4.74 Å². The van der Waals surface area contributed by atoms with E-state index in [1.165, 1.54) is 0 Å². The van der Waals surface area contributed by atoms with Gasteiger partial charge in [-0.25, -0.2) is 9.67 Å². The molecule has 1 saturated heterocycles. The monoisotopic (exact) mass is 459 g/mol. The van der Waals surface area contributed by atoms with E-state index in [1.807, 2.05) is 47.5 Å². The number of piperazine rings is 1. The van der Waals surface area contributed by atoms with Crippen LogP contribution in [0, 0.1) is 0 Å². The van der Waals surface area contributed by atoms with Crippen LogP contribution >= 0.6 is 0 Å². The number of nitrogens with one attached hydrogen (secondary N) is 1. The molecular formula is C25H29N7O2. The van der Waals surface area contributed by atoms with Crippen molar-refractivity contribution < 1.29 is 9.53 Å². The molecule has 4 heterocycles.